The van der Waals surface area contributed by atoms with Crippen LogP contribution in [0.3, 0.4) is 0 Å². The van der Waals surface area contributed by atoms with Crippen LogP contribution < -0.4 is 10.1 Å². The van der Waals surface area contributed by atoms with Gasteiger partial charge in [0, 0.05) is 13.2 Å². The minimum Gasteiger partial charge on any atom is -0.487 e. The topological polar surface area (TPSA) is 78.3 Å². The SMILES string of the molecule is Cc1cccc(OCc2cn(CC(=O)NC[C@H]3CCCO3)nn2)c1. The minimum atomic E-state index is -0.0958. The van der Waals surface area contributed by atoms with E-state index < -0.39 is 0 Å². The number of aryl methyl sites for hydroxylation is 1. The van der Waals surface area contributed by atoms with Gasteiger partial charge in [0.2, 0.25) is 5.91 Å². The van der Waals surface area contributed by atoms with Crippen molar-refractivity contribution in [2.45, 2.75) is 39.0 Å². The summed E-state index contributed by atoms with van der Waals surface area (Å²) in [6.45, 7) is 3.81. The molecule has 0 unspecified atom stereocenters. The molecule has 2 heterocycles. The van der Waals surface area contributed by atoms with Crippen molar-refractivity contribution in [1.82, 2.24) is 20.3 Å². The summed E-state index contributed by atoms with van der Waals surface area (Å²) in [5, 5.41) is 10.9. The maximum Gasteiger partial charge on any atom is 0.241 e. The molecule has 1 saturated heterocycles. The minimum absolute atomic E-state index is 0.0958. The standard InChI is InChI=1S/C17H22N4O3/c1-13-4-2-5-15(8-13)24-12-14-10-21(20-19-14)11-17(22)18-9-16-6-3-7-23-16/h2,4-5,8,10,16H,3,6-7,9,11-12H2,1H3,(H,18,22)/t16-/m1/s1. The van der Waals surface area contributed by atoms with Gasteiger partial charge in [-0.05, 0) is 37.5 Å². The Hall–Kier alpha value is -2.41. The molecule has 1 aromatic heterocycles. The van der Waals surface area contributed by atoms with Gasteiger partial charge in [0.1, 0.15) is 24.6 Å². The third-order valence-corrected chi connectivity index (χ3v) is 3.82. The van der Waals surface area contributed by atoms with Crippen LogP contribution in [0.2, 0.25) is 0 Å². The van der Waals surface area contributed by atoms with E-state index in [1.54, 1.807) is 6.20 Å². The summed E-state index contributed by atoms with van der Waals surface area (Å²) in [7, 11) is 0. The highest BCUT2D eigenvalue weighted by molar-refractivity contribution is 5.75. The average molecular weight is 330 g/mol. The summed E-state index contributed by atoms with van der Waals surface area (Å²) in [6, 6.07) is 7.82. The summed E-state index contributed by atoms with van der Waals surface area (Å²) in [4.78, 5) is 11.9. The summed E-state index contributed by atoms with van der Waals surface area (Å²) in [5.41, 5.74) is 1.82. The number of amides is 1. The molecule has 0 aliphatic carbocycles. The molecule has 1 amide bonds. The number of carbonyl (C=O) groups excluding carboxylic acids is 1. The Labute approximate surface area is 141 Å². The number of hydrogen-bond acceptors (Lipinski definition) is 5. The molecule has 0 radical (unpaired) electrons. The highest BCUT2D eigenvalue weighted by Gasteiger charge is 2.16. The molecule has 1 N–H and O–H groups in total. The number of rotatable bonds is 7. The fourth-order valence-electron chi connectivity index (χ4n) is 2.58. The van der Waals surface area contributed by atoms with E-state index in [-0.39, 0.29) is 18.6 Å². The molecule has 1 aromatic carbocycles. The first kappa shape index (κ1) is 16.4. The van der Waals surface area contributed by atoms with Crippen LogP contribution in [0.15, 0.2) is 30.5 Å². The molecule has 7 heteroatoms. The van der Waals surface area contributed by atoms with Crippen LogP contribution in [0.5, 0.6) is 5.75 Å². The number of hydrogen-bond donors (Lipinski definition) is 1. The van der Waals surface area contributed by atoms with E-state index >= 15 is 0 Å². The maximum absolute atomic E-state index is 11.9. The van der Waals surface area contributed by atoms with E-state index in [1.807, 2.05) is 31.2 Å². The summed E-state index contributed by atoms with van der Waals surface area (Å²) < 4.78 is 12.7. The maximum atomic E-state index is 11.9. The van der Waals surface area contributed by atoms with Crippen molar-refractivity contribution in [2.24, 2.45) is 0 Å². The van der Waals surface area contributed by atoms with Gasteiger partial charge >= 0.3 is 0 Å². The number of benzene rings is 1. The van der Waals surface area contributed by atoms with Crippen LogP contribution in [0.1, 0.15) is 24.1 Å². The largest absolute Gasteiger partial charge is 0.487 e. The van der Waals surface area contributed by atoms with Gasteiger partial charge in [-0.2, -0.15) is 0 Å². The first-order chi connectivity index (χ1) is 11.7. The van der Waals surface area contributed by atoms with E-state index in [2.05, 4.69) is 15.6 Å². The Kier molecular flexibility index (Phi) is 5.43. The fourth-order valence-corrected chi connectivity index (χ4v) is 2.58. The zero-order valence-corrected chi connectivity index (χ0v) is 13.8. The third kappa shape index (κ3) is 4.79. The highest BCUT2D eigenvalue weighted by atomic mass is 16.5. The first-order valence-electron chi connectivity index (χ1n) is 8.16. The summed E-state index contributed by atoms with van der Waals surface area (Å²) in [5.74, 6) is 0.695. The van der Waals surface area contributed by atoms with Gasteiger partial charge in [-0.1, -0.05) is 17.3 Å². The lowest BCUT2D eigenvalue weighted by Crippen LogP contribution is -2.34. The monoisotopic (exact) mass is 330 g/mol. The molecule has 1 aliphatic rings. The lowest BCUT2D eigenvalue weighted by Gasteiger charge is -2.10. The van der Waals surface area contributed by atoms with Crippen molar-refractivity contribution in [3.05, 3.63) is 41.7 Å². The molecule has 0 spiro atoms. The fraction of sp³-hybridized carbons (Fsp3) is 0.471. The lowest BCUT2D eigenvalue weighted by molar-refractivity contribution is -0.122. The van der Waals surface area contributed by atoms with Crippen molar-refractivity contribution in [1.29, 1.82) is 0 Å². The number of nitrogens with zero attached hydrogens (tertiary/aromatic N) is 3. The first-order valence-corrected chi connectivity index (χ1v) is 8.16. The predicted molar refractivity (Wildman–Crippen MR) is 87.5 cm³/mol. The molecule has 24 heavy (non-hydrogen) atoms. The normalized spacial score (nSPS) is 17.0. The van der Waals surface area contributed by atoms with Gasteiger partial charge in [-0.3, -0.25) is 4.79 Å². The van der Waals surface area contributed by atoms with Gasteiger partial charge in [-0.25, -0.2) is 4.68 Å². The molecule has 1 fully saturated rings. The number of nitrogens with one attached hydrogen (secondary N) is 1. The van der Waals surface area contributed by atoms with Crippen LogP contribution >= 0.6 is 0 Å². The van der Waals surface area contributed by atoms with Crippen molar-refractivity contribution in [2.75, 3.05) is 13.2 Å². The second-order valence-electron chi connectivity index (χ2n) is 5.95. The molecule has 2 aromatic rings. The predicted octanol–water partition coefficient (Wildman–Crippen LogP) is 1.46. The van der Waals surface area contributed by atoms with Gasteiger partial charge in [0.25, 0.3) is 0 Å². The molecule has 3 rings (SSSR count). The molecule has 128 valence electrons. The second-order valence-corrected chi connectivity index (χ2v) is 5.95. The van der Waals surface area contributed by atoms with Crippen LogP contribution in [-0.4, -0.2) is 40.2 Å². The van der Waals surface area contributed by atoms with Crippen molar-refractivity contribution < 1.29 is 14.3 Å². The van der Waals surface area contributed by atoms with Crippen LogP contribution in [0, 0.1) is 6.92 Å². The van der Waals surface area contributed by atoms with E-state index in [1.165, 1.54) is 4.68 Å². The van der Waals surface area contributed by atoms with Gasteiger partial charge in [0.15, 0.2) is 0 Å². The number of aromatic nitrogens is 3. The summed E-state index contributed by atoms with van der Waals surface area (Å²) in [6.07, 6.45) is 3.93. The lowest BCUT2D eigenvalue weighted by atomic mass is 10.2. The smallest absolute Gasteiger partial charge is 0.241 e. The average Bonchev–Trinajstić information content (AvgIpc) is 3.23. The highest BCUT2D eigenvalue weighted by Crippen LogP contribution is 2.13. The van der Waals surface area contributed by atoms with Gasteiger partial charge in [0.05, 0.1) is 12.3 Å². The molecule has 7 nitrogen and oxygen atoms in total. The van der Waals surface area contributed by atoms with Crippen molar-refractivity contribution in [3.63, 3.8) is 0 Å². The Balaban J connectivity index is 1.43. The van der Waals surface area contributed by atoms with Crippen LogP contribution in [-0.2, 0) is 22.7 Å². The van der Waals surface area contributed by atoms with E-state index in [0.29, 0.717) is 18.8 Å². The Morgan fingerprint density at radius 3 is 3.21 bits per heavy atom. The van der Waals surface area contributed by atoms with E-state index in [4.69, 9.17) is 9.47 Å². The third-order valence-electron chi connectivity index (χ3n) is 3.82. The van der Waals surface area contributed by atoms with Crippen LogP contribution in [0.4, 0.5) is 0 Å². The zero-order valence-electron chi connectivity index (χ0n) is 13.8. The molecular formula is C17H22N4O3. The van der Waals surface area contributed by atoms with E-state index in [9.17, 15) is 4.79 Å². The Morgan fingerprint density at radius 1 is 1.50 bits per heavy atom. The van der Waals surface area contributed by atoms with Crippen molar-refractivity contribution >= 4 is 5.91 Å². The van der Waals surface area contributed by atoms with Crippen molar-refractivity contribution in [3.8, 4) is 5.75 Å². The van der Waals surface area contributed by atoms with E-state index in [0.717, 1.165) is 30.8 Å². The zero-order chi connectivity index (χ0) is 16.8. The number of ether oxygens (including phenoxy) is 2. The molecule has 1 atom stereocenters. The van der Waals surface area contributed by atoms with Gasteiger partial charge < -0.3 is 14.8 Å². The molecular weight excluding hydrogens is 308 g/mol. The second kappa shape index (κ2) is 7.92. The molecule has 0 saturated carbocycles. The molecule has 0 bridgehead atoms. The van der Waals surface area contributed by atoms with Crippen LogP contribution in [0.25, 0.3) is 0 Å². The Morgan fingerprint density at radius 2 is 2.42 bits per heavy atom. The quantitative estimate of drug-likeness (QED) is 0.831. The van der Waals surface area contributed by atoms with Gasteiger partial charge in [-0.15, -0.1) is 5.10 Å². The number of carbonyl (C=O) groups is 1. The molecule has 1 aliphatic heterocycles. The summed E-state index contributed by atoms with van der Waals surface area (Å²) >= 11 is 0. The Bertz CT molecular complexity index is 680.